The second-order valence-electron chi connectivity index (χ2n) is 5.44. The van der Waals surface area contributed by atoms with Crippen LogP contribution >= 0.6 is 0 Å². The Morgan fingerprint density at radius 2 is 1.61 bits per heavy atom. The monoisotopic (exact) mass is 265 g/mol. The van der Waals surface area contributed by atoms with E-state index in [9.17, 15) is 13.2 Å². The Kier molecular flexibility index (Phi) is 4.50. The second kappa shape index (κ2) is 5.75. The van der Waals surface area contributed by atoms with Gasteiger partial charge in [0.25, 0.3) is 0 Å². The Bertz CT molecular complexity index is 262. The normalized spacial score (nSPS) is 32.7. The Morgan fingerprint density at radius 3 is 2.17 bits per heavy atom. The van der Waals surface area contributed by atoms with Crippen molar-refractivity contribution in [3.05, 3.63) is 0 Å². The van der Waals surface area contributed by atoms with Crippen LogP contribution in [0.15, 0.2) is 0 Å². The van der Waals surface area contributed by atoms with Gasteiger partial charge in [-0.05, 0) is 12.8 Å². The van der Waals surface area contributed by atoms with Crippen LogP contribution in [0.25, 0.3) is 0 Å². The van der Waals surface area contributed by atoms with Gasteiger partial charge >= 0.3 is 6.18 Å². The van der Waals surface area contributed by atoms with E-state index >= 15 is 0 Å². The number of rotatable bonds is 2. The van der Waals surface area contributed by atoms with Crippen molar-refractivity contribution in [1.82, 2.24) is 9.80 Å². The first-order chi connectivity index (χ1) is 8.46. The summed E-state index contributed by atoms with van der Waals surface area (Å²) in [6.45, 7) is 1.66. The summed E-state index contributed by atoms with van der Waals surface area (Å²) < 4.78 is 36.8. The van der Waals surface area contributed by atoms with Crippen molar-refractivity contribution >= 4 is 0 Å². The highest BCUT2D eigenvalue weighted by molar-refractivity contribution is 4.88. The molecule has 2 rings (SSSR count). The van der Waals surface area contributed by atoms with Gasteiger partial charge in [-0.15, -0.1) is 0 Å². The van der Waals surface area contributed by atoms with Crippen molar-refractivity contribution < 1.29 is 13.2 Å². The molecule has 0 aromatic heterocycles. The van der Waals surface area contributed by atoms with Gasteiger partial charge in [-0.3, -0.25) is 9.80 Å². The highest BCUT2D eigenvalue weighted by Crippen LogP contribution is 2.24. The van der Waals surface area contributed by atoms with Gasteiger partial charge in [-0.1, -0.05) is 12.8 Å². The van der Waals surface area contributed by atoms with E-state index in [1.54, 1.807) is 0 Å². The smallest absolute Gasteiger partial charge is 0.326 e. The molecule has 2 unspecified atom stereocenters. The first-order valence-electron chi connectivity index (χ1n) is 6.74. The molecular formula is C12H22F3N3. The number of piperazine rings is 1. The molecule has 3 nitrogen and oxygen atoms in total. The maximum absolute atomic E-state index is 12.3. The van der Waals surface area contributed by atoms with Gasteiger partial charge < -0.3 is 5.73 Å². The summed E-state index contributed by atoms with van der Waals surface area (Å²) in [5.41, 5.74) is 6.11. The van der Waals surface area contributed by atoms with E-state index in [-0.39, 0.29) is 6.04 Å². The molecule has 2 N–H and O–H groups in total. The van der Waals surface area contributed by atoms with Crippen LogP contribution in [-0.4, -0.2) is 60.8 Å². The molecule has 2 atom stereocenters. The van der Waals surface area contributed by atoms with Crippen LogP contribution in [0.5, 0.6) is 0 Å². The number of nitrogens with two attached hydrogens (primary N) is 1. The summed E-state index contributed by atoms with van der Waals surface area (Å²) in [4.78, 5) is 3.78. The lowest BCUT2D eigenvalue weighted by Gasteiger charge is -2.43. The summed E-state index contributed by atoms with van der Waals surface area (Å²) in [5.74, 6) is 0. The van der Waals surface area contributed by atoms with Crippen LogP contribution in [-0.2, 0) is 0 Å². The maximum Gasteiger partial charge on any atom is 0.401 e. The molecule has 18 heavy (non-hydrogen) atoms. The molecule has 1 aliphatic carbocycles. The molecule has 0 aromatic rings. The predicted octanol–water partition coefficient (Wildman–Crippen LogP) is 1.44. The Morgan fingerprint density at radius 1 is 1.00 bits per heavy atom. The molecule has 0 radical (unpaired) electrons. The van der Waals surface area contributed by atoms with E-state index in [4.69, 9.17) is 5.73 Å². The highest BCUT2D eigenvalue weighted by Gasteiger charge is 2.34. The van der Waals surface area contributed by atoms with E-state index < -0.39 is 12.7 Å². The van der Waals surface area contributed by atoms with Crippen LogP contribution in [0.2, 0.25) is 0 Å². The zero-order chi connectivity index (χ0) is 13.2. The minimum atomic E-state index is -4.08. The quantitative estimate of drug-likeness (QED) is 0.820. The van der Waals surface area contributed by atoms with E-state index in [0.29, 0.717) is 32.2 Å². The highest BCUT2D eigenvalue weighted by atomic mass is 19.4. The molecule has 1 heterocycles. The average molecular weight is 265 g/mol. The first kappa shape index (κ1) is 14.1. The number of hydrogen-bond acceptors (Lipinski definition) is 3. The third-order valence-corrected chi connectivity index (χ3v) is 4.06. The van der Waals surface area contributed by atoms with Crippen LogP contribution in [0.1, 0.15) is 25.7 Å². The van der Waals surface area contributed by atoms with Crippen molar-refractivity contribution in [2.45, 2.75) is 43.9 Å². The molecule has 0 spiro atoms. The molecular weight excluding hydrogens is 243 g/mol. The number of hydrogen-bond donors (Lipinski definition) is 1. The summed E-state index contributed by atoms with van der Waals surface area (Å²) in [6.07, 6.45) is 0.449. The fraction of sp³-hybridized carbons (Fsp3) is 1.00. The van der Waals surface area contributed by atoms with Gasteiger partial charge in [0.1, 0.15) is 0 Å². The fourth-order valence-corrected chi connectivity index (χ4v) is 3.10. The third-order valence-electron chi connectivity index (χ3n) is 4.06. The first-order valence-corrected chi connectivity index (χ1v) is 6.74. The van der Waals surface area contributed by atoms with Gasteiger partial charge in [-0.2, -0.15) is 13.2 Å². The lowest BCUT2D eigenvalue weighted by molar-refractivity contribution is -0.150. The lowest BCUT2D eigenvalue weighted by atomic mass is 9.89. The summed E-state index contributed by atoms with van der Waals surface area (Å²) >= 11 is 0. The van der Waals surface area contributed by atoms with Crippen LogP contribution in [0.3, 0.4) is 0 Å². The molecule has 1 saturated carbocycles. The van der Waals surface area contributed by atoms with E-state index in [1.165, 1.54) is 17.7 Å². The van der Waals surface area contributed by atoms with Gasteiger partial charge in [0, 0.05) is 38.3 Å². The predicted molar refractivity (Wildman–Crippen MR) is 64.3 cm³/mol. The Labute approximate surface area is 106 Å². The zero-order valence-corrected chi connectivity index (χ0v) is 10.6. The molecule has 0 aromatic carbocycles. The lowest BCUT2D eigenvalue weighted by Crippen LogP contribution is -2.57. The average Bonchev–Trinajstić information content (AvgIpc) is 2.29. The molecule has 1 saturated heterocycles. The molecule has 0 amide bonds. The Balaban J connectivity index is 1.79. The SMILES string of the molecule is NC1CCCCC1N1CCN(CC(F)(F)F)CC1. The zero-order valence-electron chi connectivity index (χ0n) is 10.6. The number of nitrogens with zero attached hydrogens (tertiary/aromatic N) is 2. The third kappa shape index (κ3) is 3.83. The van der Waals surface area contributed by atoms with E-state index in [1.807, 2.05) is 0 Å². The summed E-state index contributed by atoms with van der Waals surface area (Å²) in [5, 5.41) is 0. The largest absolute Gasteiger partial charge is 0.401 e. The van der Waals surface area contributed by atoms with E-state index in [2.05, 4.69) is 4.90 Å². The van der Waals surface area contributed by atoms with Gasteiger partial charge in [0.15, 0.2) is 0 Å². The van der Waals surface area contributed by atoms with Gasteiger partial charge in [0.2, 0.25) is 0 Å². The standard InChI is InChI=1S/C12H22F3N3/c13-12(14,15)9-17-5-7-18(8-6-17)11-4-2-1-3-10(11)16/h10-11H,1-9,16H2. The van der Waals surface area contributed by atoms with Crippen molar-refractivity contribution in [1.29, 1.82) is 0 Å². The minimum absolute atomic E-state index is 0.202. The van der Waals surface area contributed by atoms with E-state index in [0.717, 1.165) is 12.8 Å². The van der Waals surface area contributed by atoms with Crippen LogP contribution < -0.4 is 5.73 Å². The topological polar surface area (TPSA) is 32.5 Å². The second-order valence-corrected chi connectivity index (χ2v) is 5.44. The molecule has 106 valence electrons. The number of alkyl halides is 3. The van der Waals surface area contributed by atoms with Crippen LogP contribution in [0, 0.1) is 0 Å². The van der Waals surface area contributed by atoms with Crippen molar-refractivity contribution in [3.8, 4) is 0 Å². The molecule has 6 heteroatoms. The Hall–Kier alpha value is -0.330. The molecule has 1 aliphatic heterocycles. The molecule has 2 fully saturated rings. The van der Waals surface area contributed by atoms with Crippen molar-refractivity contribution in [2.75, 3.05) is 32.7 Å². The minimum Gasteiger partial charge on any atom is -0.326 e. The van der Waals surface area contributed by atoms with Gasteiger partial charge in [0.05, 0.1) is 6.54 Å². The number of halogens is 3. The van der Waals surface area contributed by atoms with Crippen molar-refractivity contribution in [3.63, 3.8) is 0 Å². The fourth-order valence-electron chi connectivity index (χ4n) is 3.10. The van der Waals surface area contributed by atoms with Crippen LogP contribution in [0.4, 0.5) is 13.2 Å². The molecule has 2 aliphatic rings. The summed E-state index contributed by atoms with van der Waals surface area (Å²) in [6, 6.07) is 0.583. The maximum atomic E-state index is 12.3. The summed E-state index contributed by atoms with van der Waals surface area (Å²) in [7, 11) is 0. The molecule has 0 bridgehead atoms. The van der Waals surface area contributed by atoms with Gasteiger partial charge in [-0.25, -0.2) is 0 Å². The van der Waals surface area contributed by atoms with Crippen molar-refractivity contribution in [2.24, 2.45) is 5.73 Å².